The van der Waals surface area contributed by atoms with Crippen LogP contribution in [0.5, 0.6) is 5.75 Å². The van der Waals surface area contributed by atoms with Gasteiger partial charge in [0.15, 0.2) is 5.72 Å². The van der Waals surface area contributed by atoms with Crippen LogP contribution >= 0.6 is 0 Å². The highest BCUT2D eigenvalue weighted by Crippen LogP contribution is 2.49. The molecule has 1 saturated carbocycles. The highest BCUT2D eigenvalue weighted by molar-refractivity contribution is 5.43. The maximum atomic E-state index is 6.29. The first-order valence-corrected chi connectivity index (χ1v) is 5.36. The zero-order chi connectivity index (χ0) is 9.60. The molecular formula is C12H15NO. The normalized spacial score (nSPS) is 34.5. The summed E-state index contributed by atoms with van der Waals surface area (Å²) in [7, 11) is 0. The van der Waals surface area contributed by atoms with Gasteiger partial charge in [-0.25, -0.2) is 0 Å². The third-order valence-corrected chi connectivity index (χ3v) is 3.49. The highest BCUT2D eigenvalue weighted by atomic mass is 16.5. The molecule has 0 aromatic heterocycles. The van der Waals surface area contributed by atoms with E-state index < -0.39 is 5.72 Å². The number of para-hydroxylation sites is 1. The number of ether oxygens (including phenoxy) is 1. The molecule has 1 aliphatic carbocycles. The van der Waals surface area contributed by atoms with Crippen LogP contribution in [0.1, 0.15) is 37.2 Å². The van der Waals surface area contributed by atoms with E-state index in [1.54, 1.807) is 0 Å². The molecule has 2 heteroatoms. The summed E-state index contributed by atoms with van der Waals surface area (Å²) < 4.78 is 5.88. The van der Waals surface area contributed by atoms with Gasteiger partial charge in [0.05, 0.1) is 0 Å². The van der Waals surface area contributed by atoms with Gasteiger partial charge in [-0.1, -0.05) is 24.6 Å². The van der Waals surface area contributed by atoms with E-state index in [0.717, 1.165) is 12.2 Å². The van der Waals surface area contributed by atoms with E-state index in [4.69, 9.17) is 10.5 Å². The van der Waals surface area contributed by atoms with Crippen LogP contribution in [-0.4, -0.2) is 5.72 Å². The summed E-state index contributed by atoms with van der Waals surface area (Å²) >= 11 is 0. The van der Waals surface area contributed by atoms with E-state index in [2.05, 4.69) is 12.1 Å². The van der Waals surface area contributed by atoms with Crippen molar-refractivity contribution in [1.29, 1.82) is 0 Å². The third kappa shape index (κ3) is 1.01. The molecule has 1 heterocycles. The minimum Gasteiger partial charge on any atom is -0.472 e. The molecule has 74 valence electrons. The average molecular weight is 189 g/mol. The standard InChI is InChI=1S/C12H15NO/c13-12-8-4-3-6-10(12)9-5-1-2-7-11(9)14-12/h1-2,5,7,10H,3-4,6,8,13H2. The summed E-state index contributed by atoms with van der Waals surface area (Å²) in [5, 5.41) is 0. The molecule has 1 aromatic rings. The van der Waals surface area contributed by atoms with Gasteiger partial charge >= 0.3 is 0 Å². The Morgan fingerprint density at radius 1 is 1.29 bits per heavy atom. The molecule has 2 unspecified atom stereocenters. The fourth-order valence-corrected chi connectivity index (χ4v) is 2.78. The monoisotopic (exact) mass is 189 g/mol. The fourth-order valence-electron chi connectivity index (χ4n) is 2.78. The summed E-state index contributed by atoms with van der Waals surface area (Å²) in [5.74, 6) is 1.43. The van der Waals surface area contributed by atoms with Crippen molar-refractivity contribution in [1.82, 2.24) is 0 Å². The number of benzene rings is 1. The summed E-state index contributed by atoms with van der Waals surface area (Å²) in [6.07, 6.45) is 4.64. The van der Waals surface area contributed by atoms with Crippen LogP contribution in [0.15, 0.2) is 24.3 Å². The Morgan fingerprint density at radius 3 is 3.07 bits per heavy atom. The molecule has 2 N–H and O–H groups in total. The lowest BCUT2D eigenvalue weighted by Gasteiger charge is -2.34. The lowest BCUT2D eigenvalue weighted by molar-refractivity contribution is 0.0423. The predicted molar refractivity (Wildman–Crippen MR) is 55.2 cm³/mol. The fraction of sp³-hybridized carbons (Fsp3) is 0.500. The van der Waals surface area contributed by atoms with Crippen molar-refractivity contribution < 1.29 is 4.74 Å². The first-order chi connectivity index (χ1) is 6.80. The molecule has 0 radical (unpaired) electrons. The lowest BCUT2D eigenvalue weighted by Crippen LogP contribution is -2.49. The minimum atomic E-state index is -0.401. The van der Waals surface area contributed by atoms with Gasteiger partial charge in [0.1, 0.15) is 5.75 Å². The number of nitrogens with two attached hydrogens (primary N) is 1. The van der Waals surface area contributed by atoms with Gasteiger partial charge in [-0.05, 0) is 18.9 Å². The Bertz CT molecular complexity index is 363. The second-order valence-corrected chi connectivity index (χ2v) is 4.39. The molecule has 14 heavy (non-hydrogen) atoms. The van der Waals surface area contributed by atoms with Gasteiger partial charge in [0.25, 0.3) is 0 Å². The van der Waals surface area contributed by atoms with Gasteiger partial charge in [-0.3, -0.25) is 5.73 Å². The van der Waals surface area contributed by atoms with E-state index in [-0.39, 0.29) is 0 Å². The Morgan fingerprint density at radius 2 is 2.14 bits per heavy atom. The van der Waals surface area contributed by atoms with Gasteiger partial charge in [0, 0.05) is 17.9 Å². The van der Waals surface area contributed by atoms with E-state index in [1.807, 2.05) is 12.1 Å². The van der Waals surface area contributed by atoms with Crippen LogP contribution < -0.4 is 10.5 Å². The van der Waals surface area contributed by atoms with Crippen molar-refractivity contribution in [2.24, 2.45) is 5.73 Å². The summed E-state index contributed by atoms with van der Waals surface area (Å²) in [4.78, 5) is 0. The lowest BCUT2D eigenvalue weighted by atomic mass is 9.79. The van der Waals surface area contributed by atoms with Crippen molar-refractivity contribution in [2.45, 2.75) is 37.3 Å². The van der Waals surface area contributed by atoms with Crippen molar-refractivity contribution in [3.63, 3.8) is 0 Å². The van der Waals surface area contributed by atoms with Crippen LogP contribution in [0, 0.1) is 0 Å². The number of hydrogen-bond acceptors (Lipinski definition) is 2. The van der Waals surface area contributed by atoms with Gasteiger partial charge in [0.2, 0.25) is 0 Å². The zero-order valence-corrected chi connectivity index (χ0v) is 8.20. The number of fused-ring (bicyclic) bond motifs is 3. The predicted octanol–water partition coefficient (Wildman–Crippen LogP) is 2.39. The Hall–Kier alpha value is -1.02. The molecule has 2 nitrogen and oxygen atoms in total. The van der Waals surface area contributed by atoms with Crippen molar-refractivity contribution >= 4 is 0 Å². The first kappa shape index (κ1) is 8.30. The quantitative estimate of drug-likeness (QED) is 0.680. The zero-order valence-electron chi connectivity index (χ0n) is 8.20. The van der Waals surface area contributed by atoms with Crippen LogP contribution in [0.3, 0.4) is 0 Å². The molecule has 0 spiro atoms. The third-order valence-electron chi connectivity index (χ3n) is 3.49. The second kappa shape index (κ2) is 2.74. The molecule has 1 aliphatic heterocycles. The smallest absolute Gasteiger partial charge is 0.165 e. The average Bonchev–Trinajstić information content (AvgIpc) is 2.49. The van der Waals surface area contributed by atoms with Gasteiger partial charge in [-0.15, -0.1) is 0 Å². The molecule has 0 amide bonds. The maximum Gasteiger partial charge on any atom is 0.165 e. The van der Waals surface area contributed by atoms with E-state index in [1.165, 1.54) is 24.8 Å². The van der Waals surface area contributed by atoms with Crippen LogP contribution in [-0.2, 0) is 0 Å². The molecule has 3 rings (SSSR count). The van der Waals surface area contributed by atoms with Crippen LogP contribution in [0.4, 0.5) is 0 Å². The molecule has 2 atom stereocenters. The molecule has 1 fully saturated rings. The number of hydrogen-bond donors (Lipinski definition) is 1. The Balaban J connectivity index is 2.07. The topological polar surface area (TPSA) is 35.2 Å². The van der Waals surface area contributed by atoms with Crippen molar-refractivity contribution in [2.75, 3.05) is 0 Å². The Kier molecular flexibility index (Phi) is 1.62. The number of rotatable bonds is 0. The maximum absolute atomic E-state index is 6.29. The van der Waals surface area contributed by atoms with Crippen LogP contribution in [0.2, 0.25) is 0 Å². The molecular weight excluding hydrogens is 174 g/mol. The molecule has 2 aliphatic rings. The second-order valence-electron chi connectivity index (χ2n) is 4.39. The summed E-state index contributed by atoms with van der Waals surface area (Å²) in [6.45, 7) is 0. The first-order valence-electron chi connectivity index (χ1n) is 5.36. The summed E-state index contributed by atoms with van der Waals surface area (Å²) in [5.41, 5.74) is 7.21. The molecule has 1 aromatic carbocycles. The van der Waals surface area contributed by atoms with Gasteiger partial charge in [-0.2, -0.15) is 0 Å². The van der Waals surface area contributed by atoms with Crippen LogP contribution in [0.25, 0.3) is 0 Å². The van der Waals surface area contributed by atoms with E-state index >= 15 is 0 Å². The Labute approximate surface area is 84.1 Å². The van der Waals surface area contributed by atoms with Crippen molar-refractivity contribution in [3.8, 4) is 5.75 Å². The summed E-state index contributed by atoms with van der Waals surface area (Å²) in [6, 6.07) is 8.27. The largest absolute Gasteiger partial charge is 0.472 e. The highest BCUT2D eigenvalue weighted by Gasteiger charge is 2.46. The van der Waals surface area contributed by atoms with E-state index in [0.29, 0.717) is 5.92 Å². The van der Waals surface area contributed by atoms with Gasteiger partial charge < -0.3 is 4.74 Å². The SMILES string of the molecule is NC12CCCCC1c1ccccc1O2. The minimum absolute atomic E-state index is 0.401. The van der Waals surface area contributed by atoms with E-state index in [9.17, 15) is 0 Å². The van der Waals surface area contributed by atoms with Crippen molar-refractivity contribution in [3.05, 3.63) is 29.8 Å². The molecule has 0 bridgehead atoms. The molecule has 0 saturated heterocycles.